The van der Waals surface area contributed by atoms with Gasteiger partial charge < -0.3 is 0 Å². The molecule has 2 heterocycles. The van der Waals surface area contributed by atoms with Crippen LogP contribution >= 0.6 is 0 Å². The van der Waals surface area contributed by atoms with Crippen molar-refractivity contribution < 1.29 is 8.78 Å². The van der Waals surface area contributed by atoms with E-state index in [0.29, 0.717) is 0 Å². The largest absolute Gasteiger partial charge is 0.295 e. The molecule has 3 aromatic rings. The van der Waals surface area contributed by atoms with E-state index in [1.54, 1.807) is 18.3 Å². The number of hydrogen-bond acceptors (Lipinski definition) is 2. The molecule has 0 N–H and O–H groups in total. The summed E-state index contributed by atoms with van der Waals surface area (Å²) in [6.45, 7) is 2.66. The SMILES string of the molecule is Fc1ccc(C2=CCN(Cc3ccnc(-c4ccc(F)cc4)c3)CC2)cc1. The van der Waals surface area contributed by atoms with E-state index in [9.17, 15) is 8.78 Å². The fourth-order valence-corrected chi connectivity index (χ4v) is 3.39. The lowest BCUT2D eigenvalue weighted by atomic mass is 9.99. The molecule has 1 aliphatic rings. The first-order valence-electron chi connectivity index (χ1n) is 9.05. The van der Waals surface area contributed by atoms with Crippen LogP contribution in [-0.2, 0) is 6.54 Å². The van der Waals surface area contributed by atoms with E-state index >= 15 is 0 Å². The predicted octanol–water partition coefficient (Wildman–Crippen LogP) is 5.32. The highest BCUT2D eigenvalue weighted by Gasteiger charge is 2.14. The molecule has 0 saturated heterocycles. The predicted molar refractivity (Wildman–Crippen MR) is 104 cm³/mol. The Morgan fingerprint density at radius 3 is 2.15 bits per heavy atom. The van der Waals surface area contributed by atoms with Gasteiger partial charge in [0.25, 0.3) is 0 Å². The van der Waals surface area contributed by atoms with Gasteiger partial charge in [0.1, 0.15) is 11.6 Å². The normalized spacial score (nSPS) is 14.8. The van der Waals surface area contributed by atoms with Gasteiger partial charge >= 0.3 is 0 Å². The zero-order valence-corrected chi connectivity index (χ0v) is 14.9. The van der Waals surface area contributed by atoms with Crippen LogP contribution in [0.5, 0.6) is 0 Å². The number of hydrogen-bond donors (Lipinski definition) is 0. The van der Waals surface area contributed by atoms with Gasteiger partial charge in [0.05, 0.1) is 5.69 Å². The standard InChI is InChI=1S/C23H20F2N2/c24-21-5-1-18(2-6-21)19-10-13-27(14-11-19)16-17-9-12-26-23(15-17)20-3-7-22(25)8-4-20/h1-10,12,15H,11,13-14,16H2. The van der Waals surface area contributed by atoms with Crippen molar-refractivity contribution >= 4 is 5.57 Å². The van der Waals surface area contributed by atoms with Crippen LogP contribution < -0.4 is 0 Å². The maximum Gasteiger partial charge on any atom is 0.123 e. The molecule has 0 radical (unpaired) electrons. The minimum absolute atomic E-state index is 0.202. The summed E-state index contributed by atoms with van der Waals surface area (Å²) in [5.74, 6) is -0.446. The maximum absolute atomic E-state index is 13.1. The highest BCUT2D eigenvalue weighted by atomic mass is 19.1. The number of rotatable bonds is 4. The lowest BCUT2D eigenvalue weighted by molar-refractivity contribution is 0.294. The van der Waals surface area contributed by atoms with E-state index in [-0.39, 0.29) is 11.6 Å². The van der Waals surface area contributed by atoms with Crippen molar-refractivity contribution in [1.82, 2.24) is 9.88 Å². The topological polar surface area (TPSA) is 16.1 Å². The highest BCUT2D eigenvalue weighted by Crippen LogP contribution is 2.24. The Morgan fingerprint density at radius 2 is 1.52 bits per heavy atom. The summed E-state index contributed by atoms with van der Waals surface area (Å²) >= 11 is 0. The van der Waals surface area contributed by atoms with Crippen molar-refractivity contribution in [2.45, 2.75) is 13.0 Å². The molecule has 2 aromatic carbocycles. The summed E-state index contributed by atoms with van der Waals surface area (Å²) < 4.78 is 26.2. The molecule has 1 aliphatic heterocycles. The summed E-state index contributed by atoms with van der Waals surface area (Å²) in [6, 6.07) is 17.2. The van der Waals surface area contributed by atoms with E-state index < -0.39 is 0 Å². The first-order valence-corrected chi connectivity index (χ1v) is 9.05. The van der Waals surface area contributed by atoms with E-state index in [4.69, 9.17) is 0 Å². The molecular weight excluding hydrogens is 342 g/mol. The zero-order chi connectivity index (χ0) is 18.6. The van der Waals surface area contributed by atoms with Crippen LogP contribution in [0.15, 0.2) is 72.9 Å². The van der Waals surface area contributed by atoms with Crippen LogP contribution in [0.1, 0.15) is 17.5 Å². The second-order valence-electron chi connectivity index (χ2n) is 6.78. The molecule has 0 spiro atoms. The van der Waals surface area contributed by atoms with Gasteiger partial charge in [0.15, 0.2) is 0 Å². The molecule has 0 amide bonds. The van der Waals surface area contributed by atoms with Crippen LogP contribution in [0, 0.1) is 11.6 Å². The van der Waals surface area contributed by atoms with Crippen LogP contribution in [0.2, 0.25) is 0 Å². The smallest absolute Gasteiger partial charge is 0.123 e. The third-order valence-electron chi connectivity index (χ3n) is 4.88. The minimum atomic E-state index is -0.244. The number of benzene rings is 2. The van der Waals surface area contributed by atoms with Gasteiger partial charge in [0, 0.05) is 31.4 Å². The Bertz CT molecular complexity index is 947. The van der Waals surface area contributed by atoms with Crippen LogP contribution in [0.3, 0.4) is 0 Å². The van der Waals surface area contributed by atoms with Crippen molar-refractivity contribution in [2.24, 2.45) is 0 Å². The molecule has 2 nitrogen and oxygen atoms in total. The molecule has 0 saturated carbocycles. The van der Waals surface area contributed by atoms with Crippen molar-refractivity contribution in [3.05, 3.63) is 95.7 Å². The minimum Gasteiger partial charge on any atom is -0.295 e. The molecule has 0 fully saturated rings. The van der Waals surface area contributed by atoms with Gasteiger partial charge in [-0.1, -0.05) is 18.2 Å². The van der Waals surface area contributed by atoms with E-state index in [1.807, 2.05) is 18.2 Å². The van der Waals surface area contributed by atoms with Gasteiger partial charge in [-0.25, -0.2) is 8.78 Å². The quantitative estimate of drug-likeness (QED) is 0.625. The second kappa shape index (κ2) is 7.80. The lowest BCUT2D eigenvalue weighted by Crippen LogP contribution is -2.28. The van der Waals surface area contributed by atoms with Crippen LogP contribution in [0.4, 0.5) is 8.78 Å². The monoisotopic (exact) mass is 362 g/mol. The molecule has 0 atom stereocenters. The average molecular weight is 362 g/mol. The Hall–Kier alpha value is -2.85. The lowest BCUT2D eigenvalue weighted by Gasteiger charge is -2.26. The number of aromatic nitrogens is 1. The van der Waals surface area contributed by atoms with E-state index in [0.717, 1.165) is 42.9 Å². The average Bonchev–Trinajstić information content (AvgIpc) is 2.70. The van der Waals surface area contributed by atoms with Crippen LogP contribution in [-0.4, -0.2) is 23.0 Å². The highest BCUT2D eigenvalue weighted by molar-refractivity contribution is 5.66. The zero-order valence-electron chi connectivity index (χ0n) is 14.9. The van der Waals surface area contributed by atoms with Crippen molar-refractivity contribution in [2.75, 3.05) is 13.1 Å². The number of pyridine rings is 1. The first-order chi connectivity index (χ1) is 13.2. The number of halogens is 2. The van der Waals surface area contributed by atoms with Crippen molar-refractivity contribution in [3.8, 4) is 11.3 Å². The van der Waals surface area contributed by atoms with Gasteiger partial charge in [-0.2, -0.15) is 0 Å². The van der Waals surface area contributed by atoms with Crippen molar-refractivity contribution in [1.29, 1.82) is 0 Å². The molecule has 0 unspecified atom stereocenters. The fourth-order valence-electron chi connectivity index (χ4n) is 3.39. The van der Waals surface area contributed by atoms with Crippen molar-refractivity contribution in [3.63, 3.8) is 0 Å². The fraction of sp³-hybridized carbons (Fsp3) is 0.174. The Morgan fingerprint density at radius 1 is 0.852 bits per heavy atom. The summed E-state index contributed by atoms with van der Waals surface area (Å²) in [5, 5.41) is 0. The Kier molecular flexibility index (Phi) is 5.07. The molecule has 4 rings (SSSR count). The van der Waals surface area contributed by atoms with Gasteiger partial charge in [0.2, 0.25) is 0 Å². The van der Waals surface area contributed by atoms with Gasteiger partial charge in [-0.05, 0) is 71.7 Å². The third kappa shape index (κ3) is 4.29. The summed E-state index contributed by atoms with van der Waals surface area (Å²) in [5.41, 5.74) is 5.32. The molecule has 0 bridgehead atoms. The second-order valence-corrected chi connectivity index (χ2v) is 6.78. The maximum atomic E-state index is 13.1. The molecule has 136 valence electrons. The summed E-state index contributed by atoms with van der Waals surface area (Å²) in [7, 11) is 0. The molecule has 1 aromatic heterocycles. The van der Waals surface area contributed by atoms with E-state index in [2.05, 4.69) is 22.0 Å². The molecular formula is C23H20F2N2. The molecule has 27 heavy (non-hydrogen) atoms. The first kappa shape index (κ1) is 17.6. The third-order valence-corrected chi connectivity index (χ3v) is 4.88. The Balaban J connectivity index is 1.44. The van der Waals surface area contributed by atoms with E-state index in [1.165, 1.54) is 35.4 Å². The van der Waals surface area contributed by atoms with Gasteiger partial charge in [-0.3, -0.25) is 9.88 Å². The molecule has 4 heteroatoms. The molecule has 0 aliphatic carbocycles. The number of nitrogens with zero attached hydrogens (tertiary/aromatic N) is 2. The van der Waals surface area contributed by atoms with Crippen LogP contribution in [0.25, 0.3) is 16.8 Å². The Labute approximate surface area is 157 Å². The van der Waals surface area contributed by atoms with Gasteiger partial charge in [-0.15, -0.1) is 0 Å². The summed E-state index contributed by atoms with van der Waals surface area (Å²) in [6.07, 6.45) is 4.97. The summed E-state index contributed by atoms with van der Waals surface area (Å²) in [4.78, 5) is 6.78.